The number of anilines is 1. The standard InChI is InChI=1S/C26H24N6O3/c1-35-23-13-7-5-11-21(23)26(34)27-22-12-6-4-10-20(22)25-28-30-32(29-25)17-24(33)31-15-14-18-8-2-3-9-19(18)16-31/h2-13H,14-17H2,1H3,(H,27,34). The van der Waals surface area contributed by atoms with Crippen LogP contribution in [0.1, 0.15) is 21.5 Å². The third-order valence-electron chi connectivity index (χ3n) is 5.98. The molecule has 0 atom stereocenters. The van der Waals surface area contributed by atoms with Gasteiger partial charge in [0.25, 0.3) is 5.91 Å². The molecule has 4 aromatic rings. The number of rotatable bonds is 6. The van der Waals surface area contributed by atoms with E-state index < -0.39 is 0 Å². The number of aromatic nitrogens is 4. The first-order valence-electron chi connectivity index (χ1n) is 11.3. The number of carbonyl (C=O) groups is 2. The number of carbonyl (C=O) groups excluding carboxylic acids is 2. The number of nitrogens with zero attached hydrogens (tertiary/aromatic N) is 5. The Hall–Kier alpha value is -4.53. The molecule has 9 nitrogen and oxygen atoms in total. The third-order valence-corrected chi connectivity index (χ3v) is 5.98. The Morgan fingerprint density at radius 2 is 1.71 bits per heavy atom. The summed E-state index contributed by atoms with van der Waals surface area (Å²) >= 11 is 0. The lowest BCUT2D eigenvalue weighted by molar-refractivity contribution is -0.133. The molecule has 2 amide bonds. The topological polar surface area (TPSA) is 102 Å². The molecule has 5 rings (SSSR count). The van der Waals surface area contributed by atoms with Crippen LogP contribution in [0.2, 0.25) is 0 Å². The molecular weight excluding hydrogens is 444 g/mol. The Morgan fingerprint density at radius 1 is 0.971 bits per heavy atom. The number of benzene rings is 3. The smallest absolute Gasteiger partial charge is 0.259 e. The molecule has 3 aromatic carbocycles. The maximum absolute atomic E-state index is 12.9. The van der Waals surface area contributed by atoms with Crippen LogP contribution in [0, 0.1) is 0 Å². The molecule has 35 heavy (non-hydrogen) atoms. The van der Waals surface area contributed by atoms with E-state index in [9.17, 15) is 9.59 Å². The molecule has 0 aliphatic carbocycles. The van der Waals surface area contributed by atoms with Crippen LogP contribution >= 0.6 is 0 Å². The summed E-state index contributed by atoms with van der Waals surface area (Å²) in [5.41, 5.74) is 3.99. The lowest BCUT2D eigenvalue weighted by Gasteiger charge is -2.28. The van der Waals surface area contributed by atoms with Crippen molar-refractivity contribution in [2.45, 2.75) is 19.5 Å². The third kappa shape index (κ3) is 4.74. The van der Waals surface area contributed by atoms with Crippen molar-refractivity contribution in [3.8, 4) is 17.1 Å². The maximum Gasteiger partial charge on any atom is 0.259 e. The van der Waals surface area contributed by atoms with Gasteiger partial charge in [0.15, 0.2) is 0 Å². The van der Waals surface area contributed by atoms with Crippen LogP contribution in [0.4, 0.5) is 5.69 Å². The van der Waals surface area contributed by atoms with E-state index in [0.717, 1.165) is 6.42 Å². The summed E-state index contributed by atoms with van der Waals surface area (Å²) in [5.74, 6) is 0.409. The normalized spacial score (nSPS) is 12.7. The molecule has 0 saturated carbocycles. The average molecular weight is 469 g/mol. The van der Waals surface area contributed by atoms with Crippen LogP contribution in [0.15, 0.2) is 72.8 Å². The molecule has 1 N–H and O–H groups in total. The van der Waals surface area contributed by atoms with Gasteiger partial charge in [-0.05, 0) is 47.0 Å². The van der Waals surface area contributed by atoms with Crippen LogP contribution in [0.5, 0.6) is 5.75 Å². The number of methoxy groups -OCH3 is 1. The van der Waals surface area contributed by atoms with Gasteiger partial charge in [-0.3, -0.25) is 9.59 Å². The second kappa shape index (κ2) is 9.76. The molecule has 176 valence electrons. The van der Waals surface area contributed by atoms with E-state index in [1.807, 2.05) is 29.2 Å². The number of tetrazole rings is 1. The highest BCUT2D eigenvalue weighted by Crippen LogP contribution is 2.26. The van der Waals surface area contributed by atoms with Gasteiger partial charge in [0.2, 0.25) is 11.7 Å². The average Bonchev–Trinajstić information content (AvgIpc) is 3.36. The Morgan fingerprint density at radius 3 is 2.57 bits per heavy atom. The SMILES string of the molecule is COc1ccccc1C(=O)Nc1ccccc1-c1nnn(CC(=O)N2CCc3ccccc3C2)n1. The number of hydrogen-bond donors (Lipinski definition) is 1. The highest BCUT2D eigenvalue weighted by molar-refractivity contribution is 6.07. The fourth-order valence-corrected chi connectivity index (χ4v) is 4.16. The fraction of sp³-hybridized carbons (Fsp3) is 0.192. The Kier molecular flexibility index (Phi) is 6.21. The highest BCUT2D eigenvalue weighted by atomic mass is 16.5. The van der Waals surface area contributed by atoms with E-state index in [-0.39, 0.29) is 18.4 Å². The van der Waals surface area contributed by atoms with E-state index >= 15 is 0 Å². The summed E-state index contributed by atoms with van der Waals surface area (Å²) in [5, 5.41) is 15.5. The number of para-hydroxylation sites is 2. The molecular formula is C26H24N6O3. The minimum atomic E-state index is -0.317. The van der Waals surface area contributed by atoms with Crippen molar-refractivity contribution >= 4 is 17.5 Å². The fourth-order valence-electron chi connectivity index (χ4n) is 4.16. The van der Waals surface area contributed by atoms with Gasteiger partial charge in [0.1, 0.15) is 12.3 Å². The molecule has 0 spiro atoms. The second-order valence-corrected chi connectivity index (χ2v) is 8.18. The molecule has 0 bridgehead atoms. The number of amides is 2. The van der Waals surface area contributed by atoms with Gasteiger partial charge in [-0.25, -0.2) is 0 Å². The predicted octanol–water partition coefficient (Wildman–Crippen LogP) is 3.19. The zero-order valence-corrected chi connectivity index (χ0v) is 19.2. The van der Waals surface area contributed by atoms with E-state index in [4.69, 9.17) is 4.74 Å². The first kappa shape index (κ1) is 22.3. The van der Waals surface area contributed by atoms with E-state index in [0.29, 0.717) is 41.5 Å². The van der Waals surface area contributed by atoms with Gasteiger partial charge < -0.3 is 15.0 Å². The van der Waals surface area contributed by atoms with Crippen molar-refractivity contribution in [3.05, 3.63) is 89.5 Å². The van der Waals surface area contributed by atoms with Crippen molar-refractivity contribution in [2.75, 3.05) is 19.0 Å². The summed E-state index contributed by atoms with van der Waals surface area (Å²) in [4.78, 5) is 28.9. The molecule has 0 radical (unpaired) electrons. The lowest BCUT2D eigenvalue weighted by Crippen LogP contribution is -2.38. The van der Waals surface area contributed by atoms with Crippen molar-refractivity contribution in [2.24, 2.45) is 0 Å². The Labute approximate surface area is 202 Å². The van der Waals surface area contributed by atoms with Crippen LogP contribution < -0.4 is 10.1 Å². The zero-order chi connectivity index (χ0) is 24.2. The van der Waals surface area contributed by atoms with E-state index in [1.54, 1.807) is 36.4 Å². The summed E-state index contributed by atoms with van der Waals surface area (Å²) in [6.07, 6.45) is 0.831. The van der Waals surface area contributed by atoms with Crippen molar-refractivity contribution in [1.29, 1.82) is 0 Å². The largest absolute Gasteiger partial charge is 0.496 e. The van der Waals surface area contributed by atoms with Crippen LogP contribution in [-0.4, -0.2) is 50.6 Å². The number of fused-ring (bicyclic) bond motifs is 1. The predicted molar refractivity (Wildman–Crippen MR) is 130 cm³/mol. The van der Waals surface area contributed by atoms with Gasteiger partial charge in [-0.1, -0.05) is 48.5 Å². The van der Waals surface area contributed by atoms with Crippen molar-refractivity contribution in [3.63, 3.8) is 0 Å². The van der Waals surface area contributed by atoms with Crippen molar-refractivity contribution in [1.82, 2.24) is 25.1 Å². The Bertz CT molecular complexity index is 1380. The summed E-state index contributed by atoms with van der Waals surface area (Å²) in [6, 6.07) is 22.3. The molecule has 1 aliphatic heterocycles. The molecule has 1 aromatic heterocycles. The van der Waals surface area contributed by atoms with Gasteiger partial charge in [0, 0.05) is 18.7 Å². The van der Waals surface area contributed by atoms with Crippen LogP contribution in [-0.2, 0) is 24.3 Å². The zero-order valence-electron chi connectivity index (χ0n) is 19.2. The minimum Gasteiger partial charge on any atom is -0.496 e. The molecule has 2 heterocycles. The van der Waals surface area contributed by atoms with E-state index in [1.165, 1.54) is 23.0 Å². The van der Waals surface area contributed by atoms with Gasteiger partial charge in [-0.15, -0.1) is 10.2 Å². The number of hydrogen-bond acceptors (Lipinski definition) is 6. The summed E-state index contributed by atoms with van der Waals surface area (Å²) in [6.45, 7) is 1.23. The van der Waals surface area contributed by atoms with Gasteiger partial charge in [-0.2, -0.15) is 4.80 Å². The van der Waals surface area contributed by atoms with E-state index in [2.05, 4.69) is 32.9 Å². The second-order valence-electron chi connectivity index (χ2n) is 8.18. The van der Waals surface area contributed by atoms with Crippen molar-refractivity contribution < 1.29 is 14.3 Å². The first-order chi connectivity index (χ1) is 17.1. The molecule has 0 unspecified atom stereocenters. The Balaban J connectivity index is 1.30. The van der Waals surface area contributed by atoms with Gasteiger partial charge in [0.05, 0.1) is 18.4 Å². The molecule has 0 fully saturated rings. The minimum absolute atomic E-state index is 0.00902. The monoisotopic (exact) mass is 468 g/mol. The molecule has 1 aliphatic rings. The summed E-state index contributed by atoms with van der Waals surface area (Å²) in [7, 11) is 1.52. The number of ether oxygens (including phenoxy) is 1. The van der Waals surface area contributed by atoms with Crippen LogP contribution in [0.25, 0.3) is 11.4 Å². The molecule has 0 saturated heterocycles. The quantitative estimate of drug-likeness (QED) is 0.466. The first-order valence-corrected chi connectivity index (χ1v) is 11.3. The summed E-state index contributed by atoms with van der Waals surface area (Å²) < 4.78 is 5.29. The van der Waals surface area contributed by atoms with Crippen LogP contribution in [0.3, 0.4) is 0 Å². The highest BCUT2D eigenvalue weighted by Gasteiger charge is 2.22. The maximum atomic E-state index is 12.9. The lowest BCUT2D eigenvalue weighted by atomic mass is 10.00. The molecule has 9 heteroatoms. The number of nitrogens with one attached hydrogen (secondary N) is 1. The van der Waals surface area contributed by atoms with Gasteiger partial charge >= 0.3 is 0 Å².